The lowest BCUT2D eigenvalue weighted by Gasteiger charge is -2.31. The highest BCUT2D eigenvalue weighted by atomic mass is 35.5. The first-order valence-corrected chi connectivity index (χ1v) is 8.72. The van der Waals surface area contributed by atoms with Crippen LogP contribution in [0.1, 0.15) is 24.1 Å². The number of pyridine rings is 1. The van der Waals surface area contributed by atoms with Crippen molar-refractivity contribution in [3.8, 4) is 0 Å². The van der Waals surface area contributed by atoms with Crippen LogP contribution in [0, 0.1) is 6.92 Å². The van der Waals surface area contributed by atoms with Crippen molar-refractivity contribution in [3.63, 3.8) is 0 Å². The van der Waals surface area contributed by atoms with Gasteiger partial charge in [-0.05, 0) is 30.5 Å². The second-order valence-corrected chi connectivity index (χ2v) is 7.15. The molecular weight excluding hydrogens is 373 g/mol. The van der Waals surface area contributed by atoms with E-state index in [1.165, 1.54) is 40.3 Å². The van der Waals surface area contributed by atoms with Gasteiger partial charge in [0, 0.05) is 24.7 Å². The number of nitrogens with zero attached hydrogens (tertiary/aromatic N) is 2. The largest absolute Gasteiger partial charge is 0.408 e. The fraction of sp³-hybridized carbons (Fsp3) is 0.353. The van der Waals surface area contributed by atoms with Crippen molar-refractivity contribution in [2.75, 3.05) is 6.54 Å². The number of hydrogen-bond donors (Lipinski definition) is 0. The highest BCUT2D eigenvalue weighted by Gasteiger charge is 2.44. The van der Waals surface area contributed by atoms with E-state index >= 15 is 0 Å². The van der Waals surface area contributed by atoms with Crippen LogP contribution in [0.2, 0.25) is 5.02 Å². The van der Waals surface area contributed by atoms with Gasteiger partial charge in [-0.15, -0.1) is 0 Å². The first-order chi connectivity index (χ1) is 11.6. The molecule has 136 valence electrons. The summed E-state index contributed by atoms with van der Waals surface area (Å²) in [6.45, 7) is 3.64. The molecule has 0 saturated heterocycles. The number of aromatic nitrogens is 1. The Bertz CT molecular complexity index is 764. The Morgan fingerprint density at radius 1 is 1.28 bits per heavy atom. The zero-order valence-electron chi connectivity index (χ0n) is 14.0. The summed E-state index contributed by atoms with van der Waals surface area (Å²) in [5.74, 6) is 0. The molecule has 0 bridgehead atoms. The summed E-state index contributed by atoms with van der Waals surface area (Å²) in [5, 5.41) is -0.0255. The van der Waals surface area contributed by atoms with E-state index in [0.717, 1.165) is 17.5 Å². The molecule has 0 fully saturated rings. The second-order valence-electron chi connectivity index (χ2n) is 5.62. The minimum atomic E-state index is -4.44. The molecule has 2 aromatic rings. The van der Waals surface area contributed by atoms with Crippen molar-refractivity contribution >= 4 is 23.5 Å². The Kier molecular flexibility index (Phi) is 6.24. The first kappa shape index (κ1) is 19.9. The van der Waals surface area contributed by atoms with Crippen LogP contribution < -0.4 is 5.56 Å². The van der Waals surface area contributed by atoms with Crippen LogP contribution >= 0.6 is 23.5 Å². The summed E-state index contributed by atoms with van der Waals surface area (Å²) < 4.78 is 43.7. The predicted molar refractivity (Wildman–Crippen MR) is 94.9 cm³/mol. The van der Waals surface area contributed by atoms with Crippen LogP contribution in [0.25, 0.3) is 0 Å². The molecule has 1 aromatic carbocycles. The smallest absolute Gasteiger partial charge is 0.316 e. The van der Waals surface area contributed by atoms with Gasteiger partial charge in [0.05, 0.1) is 0 Å². The third kappa shape index (κ3) is 4.80. The summed E-state index contributed by atoms with van der Waals surface area (Å²) in [6, 6.07) is 5.93. The number of halogens is 4. The van der Waals surface area contributed by atoms with Crippen LogP contribution in [0.5, 0.6) is 0 Å². The summed E-state index contributed by atoms with van der Waals surface area (Å²) >= 11 is 6.79. The van der Waals surface area contributed by atoms with Gasteiger partial charge in [-0.2, -0.15) is 13.2 Å². The highest BCUT2D eigenvalue weighted by Crippen LogP contribution is 2.42. The molecule has 0 aliphatic carbocycles. The topological polar surface area (TPSA) is 25.2 Å². The lowest BCUT2D eigenvalue weighted by molar-refractivity contribution is -0.172. The molecule has 8 heteroatoms. The molecule has 1 heterocycles. The standard InChI is InChI=1S/C17H18ClF3N2OS/c1-4-23(25-13-9-14(18)16(24)22(3)10-13)15(17(19,20)21)12-7-5-11(2)6-8-12/h5-10,15H,4H2,1-3H3/t15-/m1/s1. The molecule has 0 amide bonds. The lowest BCUT2D eigenvalue weighted by atomic mass is 10.0. The number of aryl methyl sites for hydroxylation is 2. The molecular formula is C17H18ClF3N2OS. The molecule has 2 rings (SSSR count). The summed E-state index contributed by atoms with van der Waals surface area (Å²) in [6.07, 6.45) is -2.97. The van der Waals surface area contributed by atoms with Gasteiger partial charge in [0.2, 0.25) is 0 Å². The Hall–Kier alpha value is -1.44. The fourth-order valence-corrected chi connectivity index (χ4v) is 3.83. The van der Waals surface area contributed by atoms with E-state index in [9.17, 15) is 18.0 Å². The Balaban J connectivity index is 2.40. The highest BCUT2D eigenvalue weighted by molar-refractivity contribution is 7.97. The van der Waals surface area contributed by atoms with Crippen molar-refractivity contribution in [2.45, 2.75) is 31.0 Å². The van der Waals surface area contributed by atoms with Crippen molar-refractivity contribution in [2.24, 2.45) is 7.05 Å². The van der Waals surface area contributed by atoms with Crippen molar-refractivity contribution in [3.05, 3.63) is 63.0 Å². The van der Waals surface area contributed by atoms with Crippen LogP contribution in [0.4, 0.5) is 13.2 Å². The molecule has 0 saturated carbocycles. The van der Waals surface area contributed by atoms with Crippen LogP contribution in [-0.2, 0) is 7.05 Å². The monoisotopic (exact) mass is 390 g/mol. The third-order valence-electron chi connectivity index (χ3n) is 3.64. The summed E-state index contributed by atoms with van der Waals surface area (Å²) in [5.41, 5.74) is 0.675. The van der Waals surface area contributed by atoms with E-state index in [1.54, 1.807) is 19.1 Å². The Morgan fingerprint density at radius 2 is 1.88 bits per heavy atom. The van der Waals surface area contributed by atoms with Crippen LogP contribution in [0.3, 0.4) is 0 Å². The number of alkyl halides is 3. The van der Waals surface area contributed by atoms with Gasteiger partial charge < -0.3 is 4.57 Å². The zero-order valence-corrected chi connectivity index (χ0v) is 15.5. The van der Waals surface area contributed by atoms with Gasteiger partial charge in [0.15, 0.2) is 0 Å². The average molecular weight is 391 g/mol. The van der Waals surface area contributed by atoms with E-state index in [0.29, 0.717) is 4.90 Å². The van der Waals surface area contributed by atoms with E-state index in [1.807, 2.05) is 6.92 Å². The lowest BCUT2D eigenvalue weighted by Crippen LogP contribution is -2.34. The molecule has 1 aromatic heterocycles. The Morgan fingerprint density at radius 3 is 2.36 bits per heavy atom. The molecule has 0 aliphatic rings. The molecule has 3 nitrogen and oxygen atoms in total. The van der Waals surface area contributed by atoms with Gasteiger partial charge in [0.25, 0.3) is 5.56 Å². The third-order valence-corrected chi connectivity index (χ3v) is 5.05. The molecule has 0 radical (unpaired) electrons. The fourth-order valence-electron chi connectivity index (χ4n) is 2.39. The van der Waals surface area contributed by atoms with E-state index in [2.05, 4.69) is 0 Å². The summed E-state index contributed by atoms with van der Waals surface area (Å²) in [4.78, 5) is 12.1. The Labute approximate surface area is 153 Å². The SMILES string of the molecule is CCN(Sc1cc(Cl)c(=O)n(C)c1)[C@H](c1ccc(C)cc1)C(F)(F)F. The molecule has 0 unspecified atom stereocenters. The number of hydrogen-bond acceptors (Lipinski definition) is 3. The first-order valence-electron chi connectivity index (χ1n) is 7.57. The van der Waals surface area contributed by atoms with Gasteiger partial charge >= 0.3 is 6.18 Å². The summed E-state index contributed by atoms with van der Waals surface area (Å²) in [7, 11) is 1.51. The molecule has 1 atom stereocenters. The van der Waals surface area contributed by atoms with Crippen molar-refractivity contribution < 1.29 is 13.2 Å². The normalized spacial score (nSPS) is 13.3. The molecule has 0 aliphatic heterocycles. The average Bonchev–Trinajstić information content (AvgIpc) is 2.52. The molecule has 25 heavy (non-hydrogen) atoms. The van der Waals surface area contributed by atoms with Gasteiger partial charge in [-0.25, -0.2) is 4.31 Å². The van der Waals surface area contributed by atoms with E-state index in [-0.39, 0.29) is 22.7 Å². The number of rotatable bonds is 5. The van der Waals surface area contributed by atoms with Crippen molar-refractivity contribution in [1.82, 2.24) is 8.87 Å². The molecule has 0 spiro atoms. The number of benzene rings is 1. The quantitative estimate of drug-likeness (QED) is 0.673. The van der Waals surface area contributed by atoms with Gasteiger partial charge in [-0.3, -0.25) is 4.79 Å². The maximum absolute atomic E-state index is 13.7. The van der Waals surface area contributed by atoms with Gasteiger partial charge in [0.1, 0.15) is 11.1 Å². The maximum Gasteiger partial charge on any atom is 0.408 e. The minimum absolute atomic E-state index is 0.0255. The van der Waals surface area contributed by atoms with Crippen LogP contribution in [-0.4, -0.2) is 21.6 Å². The second kappa shape index (κ2) is 7.85. The van der Waals surface area contributed by atoms with Gasteiger partial charge in [-0.1, -0.05) is 48.4 Å². The van der Waals surface area contributed by atoms with Crippen LogP contribution in [0.15, 0.2) is 46.2 Å². The predicted octanol–water partition coefficient (Wildman–Crippen LogP) is 4.98. The van der Waals surface area contributed by atoms with E-state index < -0.39 is 12.2 Å². The molecule has 0 N–H and O–H groups in total. The van der Waals surface area contributed by atoms with E-state index in [4.69, 9.17) is 11.6 Å². The van der Waals surface area contributed by atoms with Crippen molar-refractivity contribution in [1.29, 1.82) is 0 Å². The minimum Gasteiger partial charge on any atom is -0.316 e. The zero-order chi connectivity index (χ0) is 18.8. The maximum atomic E-state index is 13.7.